The third-order valence-corrected chi connectivity index (χ3v) is 6.14. The Morgan fingerprint density at radius 1 is 1.00 bits per heavy atom. The molecule has 0 fully saturated rings. The maximum absolute atomic E-state index is 12.8. The van der Waals surface area contributed by atoms with Crippen LogP contribution in [0.5, 0.6) is 0 Å². The van der Waals surface area contributed by atoms with Crippen LogP contribution in [0.1, 0.15) is 11.4 Å². The van der Waals surface area contributed by atoms with Crippen molar-refractivity contribution in [2.75, 3.05) is 6.54 Å². The van der Waals surface area contributed by atoms with Crippen LogP contribution in [0, 0.1) is 6.92 Å². The minimum atomic E-state index is -3.48. The largest absolute Gasteiger partial charge is 0.326 e. The quantitative estimate of drug-likeness (QED) is 0.727. The summed E-state index contributed by atoms with van der Waals surface area (Å²) >= 11 is 0. The van der Waals surface area contributed by atoms with E-state index >= 15 is 0 Å². The van der Waals surface area contributed by atoms with Crippen LogP contribution in [0.2, 0.25) is 0 Å². The lowest BCUT2D eigenvalue weighted by molar-refractivity contribution is 0.339. The predicted molar refractivity (Wildman–Crippen MR) is 88.5 cm³/mol. The summed E-state index contributed by atoms with van der Waals surface area (Å²) in [5.74, 6) is 0.799. The molecule has 1 aliphatic heterocycles. The number of fused-ring (bicyclic) bond motifs is 3. The van der Waals surface area contributed by atoms with Crippen molar-refractivity contribution in [3.63, 3.8) is 0 Å². The van der Waals surface area contributed by atoms with E-state index in [0.717, 1.165) is 22.4 Å². The molecule has 0 saturated carbocycles. The van der Waals surface area contributed by atoms with E-state index < -0.39 is 10.0 Å². The number of hydrogen-bond donors (Lipinski definition) is 0. The number of aryl methyl sites for hydroxylation is 1. The number of para-hydroxylation sites is 2. The molecule has 0 N–H and O–H groups in total. The number of sulfonamides is 1. The molecule has 5 nitrogen and oxygen atoms in total. The van der Waals surface area contributed by atoms with Crippen molar-refractivity contribution >= 4 is 21.1 Å². The van der Waals surface area contributed by atoms with Gasteiger partial charge in [0, 0.05) is 13.1 Å². The van der Waals surface area contributed by atoms with Gasteiger partial charge in [-0.25, -0.2) is 13.4 Å². The summed E-state index contributed by atoms with van der Waals surface area (Å²) in [5, 5.41) is 0. The van der Waals surface area contributed by atoms with Gasteiger partial charge < -0.3 is 4.57 Å². The first kappa shape index (κ1) is 14.4. The van der Waals surface area contributed by atoms with Crippen molar-refractivity contribution in [1.82, 2.24) is 13.9 Å². The summed E-state index contributed by atoms with van der Waals surface area (Å²) in [6.45, 7) is 3.34. The smallest absolute Gasteiger partial charge is 0.243 e. The van der Waals surface area contributed by atoms with Gasteiger partial charge in [0.2, 0.25) is 10.0 Å². The Labute approximate surface area is 135 Å². The lowest BCUT2D eigenvalue weighted by atomic mass is 10.2. The van der Waals surface area contributed by atoms with Gasteiger partial charge in [-0.1, -0.05) is 29.8 Å². The molecule has 0 saturated heterocycles. The van der Waals surface area contributed by atoms with E-state index in [9.17, 15) is 8.42 Å². The summed E-state index contributed by atoms with van der Waals surface area (Å²) in [7, 11) is -3.48. The molecule has 4 rings (SSSR count). The Balaban J connectivity index is 1.71. The highest BCUT2D eigenvalue weighted by atomic mass is 32.2. The third kappa shape index (κ3) is 2.34. The van der Waals surface area contributed by atoms with E-state index in [-0.39, 0.29) is 0 Å². The highest BCUT2D eigenvalue weighted by Crippen LogP contribution is 2.25. The normalized spacial score (nSPS) is 15.7. The Bertz CT molecular complexity index is 975. The van der Waals surface area contributed by atoms with Gasteiger partial charge in [0.05, 0.1) is 22.5 Å². The second kappa shape index (κ2) is 5.18. The van der Waals surface area contributed by atoms with Crippen molar-refractivity contribution in [2.24, 2.45) is 0 Å². The standard InChI is InChI=1S/C17H17N3O2S/c1-13-6-8-14(9-7-13)23(21,22)19-10-11-20-16-5-3-2-4-15(16)18-17(20)12-19/h2-9H,10-12H2,1H3. The zero-order valence-corrected chi connectivity index (χ0v) is 13.6. The molecule has 2 heterocycles. The van der Waals surface area contributed by atoms with Crippen LogP contribution in [0.4, 0.5) is 0 Å². The summed E-state index contributed by atoms with van der Waals surface area (Å²) < 4.78 is 29.2. The molecule has 0 bridgehead atoms. The lowest BCUT2D eigenvalue weighted by Crippen LogP contribution is -2.38. The van der Waals surface area contributed by atoms with Gasteiger partial charge >= 0.3 is 0 Å². The Hall–Kier alpha value is -2.18. The molecule has 0 atom stereocenters. The molecule has 23 heavy (non-hydrogen) atoms. The van der Waals surface area contributed by atoms with Gasteiger partial charge in [-0.3, -0.25) is 0 Å². The fraction of sp³-hybridized carbons (Fsp3) is 0.235. The first-order valence-electron chi connectivity index (χ1n) is 7.57. The Morgan fingerprint density at radius 3 is 2.52 bits per heavy atom. The van der Waals surface area contributed by atoms with Crippen LogP contribution < -0.4 is 0 Å². The summed E-state index contributed by atoms with van der Waals surface area (Å²) in [6, 6.07) is 14.9. The second-order valence-corrected chi connectivity index (χ2v) is 7.76. The zero-order chi connectivity index (χ0) is 16.0. The predicted octanol–water partition coefficient (Wildman–Crippen LogP) is 2.55. The molecule has 0 aliphatic carbocycles. The van der Waals surface area contributed by atoms with Crippen LogP contribution in [-0.4, -0.2) is 28.8 Å². The monoisotopic (exact) mass is 327 g/mol. The van der Waals surface area contributed by atoms with Crippen molar-refractivity contribution in [3.05, 3.63) is 59.9 Å². The number of benzene rings is 2. The van der Waals surface area contributed by atoms with E-state index in [1.807, 2.05) is 43.3 Å². The molecule has 6 heteroatoms. The first-order valence-corrected chi connectivity index (χ1v) is 9.01. The van der Waals surface area contributed by atoms with Crippen LogP contribution >= 0.6 is 0 Å². The maximum atomic E-state index is 12.8. The number of nitrogens with zero attached hydrogens (tertiary/aromatic N) is 3. The molecular weight excluding hydrogens is 310 g/mol. The van der Waals surface area contributed by atoms with E-state index in [0.29, 0.717) is 24.5 Å². The molecule has 0 radical (unpaired) electrons. The molecule has 2 aromatic carbocycles. The summed E-state index contributed by atoms with van der Waals surface area (Å²) in [4.78, 5) is 4.92. The second-order valence-electron chi connectivity index (χ2n) is 5.82. The SMILES string of the molecule is Cc1ccc(S(=O)(=O)N2CCn3c(nc4ccccc43)C2)cc1. The summed E-state index contributed by atoms with van der Waals surface area (Å²) in [6.07, 6.45) is 0. The average Bonchev–Trinajstić information content (AvgIpc) is 2.93. The molecular formula is C17H17N3O2S. The minimum absolute atomic E-state index is 0.310. The molecule has 0 spiro atoms. The van der Waals surface area contributed by atoms with E-state index in [1.54, 1.807) is 12.1 Å². The molecule has 3 aromatic rings. The molecule has 118 valence electrons. The third-order valence-electron chi connectivity index (χ3n) is 4.28. The maximum Gasteiger partial charge on any atom is 0.243 e. The molecule has 1 aliphatic rings. The van der Waals surface area contributed by atoms with Crippen LogP contribution in [0.3, 0.4) is 0 Å². The van der Waals surface area contributed by atoms with Gasteiger partial charge in [-0.2, -0.15) is 4.31 Å². The highest BCUT2D eigenvalue weighted by Gasteiger charge is 2.29. The van der Waals surface area contributed by atoms with E-state index in [1.165, 1.54) is 4.31 Å². The molecule has 1 aromatic heterocycles. The fourth-order valence-corrected chi connectivity index (χ4v) is 4.39. The van der Waals surface area contributed by atoms with Crippen LogP contribution in [-0.2, 0) is 23.1 Å². The van der Waals surface area contributed by atoms with E-state index in [4.69, 9.17) is 0 Å². The Kier molecular flexibility index (Phi) is 3.25. The van der Waals surface area contributed by atoms with E-state index in [2.05, 4.69) is 9.55 Å². The lowest BCUT2D eigenvalue weighted by Gasteiger charge is -2.27. The van der Waals surface area contributed by atoms with Crippen molar-refractivity contribution < 1.29 is 8.42 Å². The van der Waals surface area contributed by atoms with Gasteiger partial charge in [-0.05, 0) is 31.2 Å². The van der Waals surface area contributed by atoms with Gasteiger partial charge in [-0.15, -0.1) is 0 Å². The first-order chi connectivity index (χ1) is 11.1. The summed E-state index contributed by atoms with van der Waals surface area (Å²) in [5.41, 5.74) is 3.02. The van der Waals surface area contributed by atoms with Crippen molar-refractivity contribution in [2.45, 2.75) is 24.9 Å². The topological polar surface area (TPSA) is 55.2 Å². The van der Waals surface area contributed by atoms with Gasteiger partial charge in [0.15, 0.2) is 0 Å². The zero-order valence-electron chi connectivity index (χ0n) is 12.8. The minimum Gasteiger partial charge on any atom is -0.326 e. The molecule has 0 unspecified atom stereocenters. The van der Waals surface area contributed by atoms with Crippen LogP contribution in [0.25, 0.3) is 11.0 Å². The average molecular weight is 327 g/mol. The van der Waals surface area contributed by atoms with Crippen molar-refractivity contribution in [1.29, 1.82) is 0 Å². The van der Waals surface area contributed by atoms with Gasteiger partial charge in [0.25, 0.3) is 0 Å². The van der Waals surface area contributed by atoms with Crippen molar-refractivity contribution in [3.8, 4) is 0 Å². The van der Waals surface area contributed by atoms with Gasteiger partial charge in [0.1, 0.15) is 5.82 Å². The highest BCUT2D eigenvalue weighted by molar-refractivity contribution is 7.89. The number of aromatic nitrogens is 2. The fourth-order valence-electron chi connectivity index (χ4n) is 3.01. The van der Waals surface area contributed by atoms with Crippen LogP contribution in [0.15, 0.2) is 53.4 Å². The number of rotatable bonds is 2. The molecule has 0 amide bonds. The Morgan fingerprint density at radius 2 is 1.74 bits per heavy atom. The number of imidazole rings is 1. The number of hydrogen-bond acceptors (Lipinski definition) is 3.